The van der Waals surface area contributed by atoms with Crippen molar-refractivity contribution in [3.63, 3.8) is 0 Å². The van der Waals surface area contributed by atoms with E-state index < -0.39 is 0 Å². The van der Waals surface area contributed by atoms with E-state index in [4.69, 9.17) is 21.1 Å². The zero-order valence-electron chi connectivity index (χ0n) is 14.6. The fourth-order valence-corrected chi connectivity index (χ4v) is 4.69. The number of fused-ring (bicyclic) bond motifs is 1. The van der Waals surface area contributed by atoms with Gasteiger partial charge in [-0.15, -0.1) is 22.9 Å². The van der Waals surface area contributed by atoms with Crippen LogP contribution in [0.5, 0.6) is 0 Å². The van der Waals surface area contributed by atoms with Crippen molar-refractivity contribution < 1.29 is 19.1 Å². The van der Waals surface area contributed by atoms with E-state index in [-0.39, 0.29) is 24.0 Å². The molecule has 0 spiro atoms. The van der Waals surface area contributed by atoms with Gasteiger partial charge in [0.25, 0.3) is 0 Å². The van der Waals surface area contributed by atoms with E-state index in [2.05, 4.69) is 11.0 Å². The molecule has 5 nitrogen and oxygen atoms in total. The standard InChI is InChI=1S/C19H20ClNO4S/c1-24-18(22)13-5-3-12(4-6-13)16-17-14(7-10-26-17)11-15(19(23)25-2)21(16)9-8-20/h3-7,10,15-16H,8-9,11H2,1-2H3/t15-,16-/m1/s1. The topological polar surface area (TPSA) is 55.8 Å². The van der Waals surface area contributed by atoms with Gasteiger partial charge in [-0.05, 0) is 41.1 Å². The zero-order valence-corrected chi connectivity index (χ0v) is 16.2. The summed E-state index contributed by atoms with van der Waals surface area (Å²) in [6.45, 7) is 0.558. The van der Waals surface area contributed by atoms with Gasteiger partial charge in [-0.25, -0.2) is 4.79 Å². The Balaban J connectivity index is 2.03. The fraction of sp³-hybridized carbons (Fsp3) is 0.368. The van der Waals surface area contributed by atoms with Gasteiger partial charge in [-0.2, -0.15) is 0 Å². The third kappa shape index (κ3) is 3.49. The predicted octanol–water partition coefficient (Wildman–Crippen LogP) is 3.26. The van der Waals surface area contributed by atoms with E-state index in [0.717, 1.165) is 11.1 Å². The summed E-state index contributed by atoms with van der Waals surface area (Å²) in [6.07, 6.45) is 0.610. The molecule has 26 heavy (non-hydrogen) atoms. The van der Waals surface area contributed by atoms with Gasteiger partial charge in [-0.1, -0.05) is 12.1 Å². The van der Waals surface area contributed by atoms with Crippen molar-refractivity contribution in [2.45, 2.75) is 18.5 Å². The first kappa shape index (κ1) is 18.9. The maximum atomic E-state index is 12.4. The number of rotatable bonds is 5. The van der Waals surface area contributed by atoms with Crippen molar-refractivity contribution >= 4 is 34.9 Å². The summed E-state index contributed by atoms with van der Waals surface area (Å²) in [7, 11) is 2.77. The molecule has 0 aliphatic carbocycles. The Bertz CT molecular complexity index is 789. The number of carbonyl (C=O) groups excluding carboxylic acids is 2. The second-order valence-electron chi connectivity index (χ2n) is 6.00. The van der Waals surface area contributed by atoms with Crippen LogP contribution in [0.2, 0.25) is 0 Å². The monoisotopic (exact) mass is 393 g/mol. The summed E-state index contributed by atoms with van der Waals surface area (Å²) in [5.74, 6) is -0.226. The molecule has 1 aromatic heterocycles. The number of hydrogen-bond acceptors (Lipinski definition) is 6. The molecule has 0 unspecified atom stereocenters. The van der Waals surface area contributed by atoms with Gasteiger partial charge in [0.1, 0.15) is 6.04 Å². The second kappa shape index (κ2) is 8.20. The van der Waals surface area contributed by atoms with Crippen molar-refractivity contribution in [2.75, 3.05) is 26.6 Å². The normalized spacial score (nSPS) is 19.7. The molecular weight excluding hydrogens is 374 g/mol. The maximum Gasteiger partial charge on any atom is 0.337 e. The molecule has 0 radical (unpaired) electrons. The first-order valence-electron chi connectivity index (χ1n) is 8.24. The third-order valence-electron chi connectivity index (χ3n) is 4.64. The highest BCUT2D eigenvalue weighted by Crippen LogP contribution is 2.41. The molecule has 0 bridgehead atoms. The molecule has 0 fully saturated rings. The number of carbonyl (C=O) groups is 2. The van der Waals surface area contributed by atoms with E-state index in [1.165, 1.54) is 19.1 Å². The minimum atomic E-state index is -0.383. The Morgan fingerprint density at radius 1 is 1.19 bits per heavy atom. The molecule has 3 rings (SSSR count). The molecule has 1 aliphatic heterocycles. The van der Waals surface area contributed by atoms with E-state index in [0.29, 0.717) is 24.4 Å². The van der Waals surface area contributed by atoms with Crippen LogP contribution >= 0.6 is 22.9 Å². The lowest BCUT2D eigenvalue weighted by Crippen LogP contribution is -2.49. The number of thiophene rings is 1. The second-order valence-corrected chi connectivity index (χ2v) is 7.32. The van der Waals surface area contributed by atoms with Crippen molar-refractivity contribution in [3.8, 4) is 0 Å². The lowest BCUT2D eigenvalue weighted by molar-refractivity contribution is -0.148. The number of alkyl halides is 1. The zero-order chi connectivity index (χ0) is 18.7. The van der Waals surface area contributed by atoms with Gasteiger partial charge < -0.3 is 9.47 Å². The van der Waals surface area contributed by atoms with Crippen LogP contribution in [-0.2, 0) is 20.7 Å². The van der Waals surface area contributed by atoms with E-state index in [1.807, 2.05) is 17.5 Å². The molecule has 2 aromatic rings. The van der Waals surface area contributed by atoms with Crippen LogP contribution in [0.3, 0.4) is 0 Å². The molecule has 1 aromatic carbocycles. The van der Waals surface area contributed by atoms with E-state index >= 15 is 0 Å². The summed E-state index contributed by atoms with van der Waals surface area (Å²) in [5.41, 5.74) is 2.64. The number of nitrogens with zero attached hydrogens (tertiary/aromatic N) is 1. The largest absolute Gasteiger partial charge is 0.468 e. The average Bonchev–Trinajstić information content (AvgIpc) is 3.14. The number of methoxy groups -OCH3 is 2. The molecule has 2 heterocycles. The van der Waals surface area contributed by atoms with Crippen LogP contribution in [-0.4, -0.2) is 49.5 Å². The molecule has 0 N–H and O–H groups in total. The van der Waals surface area contributed by atoms with Gasteiger partial charge >= 0.3 is 11.9 Å². The Hall–Kier alpha value is -1.89. The number of halogens is 1. The van der Waals surface area contributed by atoms with Crippen LogP contribution in [0.1, 0.15) is 32.4 Å². The Morgan fingerprint density at radius 3 is 2.54 bits per heavy atom. The molecule has 138 valence electrons. The summed E-state index contributed by atoms with van der Waals surface area (Å²) >= 11 is 7.70. The SMILES string of the molecule is COC(=O)c1ccc([C@@H]2c3sccc3C[C@H](C(=O)OC)N2CCCl)cc1. The van der Waals surface area contributed by atoms with E-state index in [1.54, 1.807) is 23.5 Å². The summed E-state index contributed by atoms with van der Waals surface area (Å²) < 4.78 is 9.79. The number of ether oxygens (including phenoxy) is 2. The molecule has 1 aliphatic rings. The minimum Gasteiger partial charge on any atom is -0.468 e. The van der Waals surface area contributed by atoms with Crippen molar-refractivity contribution in [3.05, 3.63) is 57.3 Å². The summed E-state index contributed by atoms with van der Waals surface area (Å²) in [6, 6.07) is 8.87. The van der Waals surface area contributed by atoms with Crippen LogP contribution in [0, 0.1) is 0 Å². The van der Waals surface area contributed by atoms with E-state index in [9.17, 15) is 9.59 Å². The smallest absolute Gasteiger partial charge is 0.337 e. The first-order chi connectivity index (χ1) is 12.6. The quantitative estimate of drug-likeness (QED) is 0.576. The Morgan fingerprint density at radius 2 is 1.92 bits per heavy atom. The number of hydrogen-bond donors (Lipinski definition) is 0. The molecule has 2 atom stereocenters. The predicted molar refractivity (Wildman–Crippen MR) is 101 cm³/mol. The fourth-order valence-electron chi connectivity index (χ4n) is 3.41. The van der Waals surface area contributed by atoms with Crippen LogP contribution < -0.4 is 0 Å². The van der Waals surface area contributed by atoms with Gasteiger partial charge in [0.2, 0.25) is 0 Å². The highest BCUT2D eigenvalue weighted by molar-refractivity contribution is 7.10. The lowest BCUT2D eigenvalue weighted by atomic mass is 9.90. The van der Waals surface area contributed by atoms with Gasteiger partial charge in [0.05, 0.1) is 25.8 Å². The third-order valence-corrected chi connectivity index (χ3v) is 5.82. The minimum absolute atomic E-state index is 0.103. The lowest BCUT2D eigenvalue weighted by Gasteiger charge is -2.40. The highest BCUT2D eigenvalue weighted by Gasteiger charge is 2.39. The van der Waals surface area contributed by atoms with Crippen molar-refractivity contribution in [1.82, 2.24) is 4.90 Å². The van der Waals surface area contributed by atoms with Crippen molar-refractivity contribution in [2.24, 2.45) is 0 Å². The molecular formula is C19H20ClNO4S. The summed E-state index contributed by atoms with van der Waals surface area (Å²) in [5, 5.41) is 2.04. The maximum absolute atomic E-state index is 12.4. The number of esters is 2. The van der Waals surface area contributed by atoms with Crippen LogP contribution in [0.15, 0.2) is 35.7 Å². The van der Waals surface area contributed by atoms with Gasteiger partial charge in [-0.3, -0.25) is 9.69 Å². The summed E-state index contributed by atoms with van der Waals surface area (Å²) in [4.78, 5) is 27.4. The Kier molecular flexibility index (Phi) is 5.96. The average molecular weight is 394 g/mol. The highest BCUT2D eigenvalue weighted by atomic mass is 35.5. The van der Waals surface area contributed by atoms with Crippen LogP contribution in [0.25, 0.3) is 0 Å². The van der Waals surface area contributed by atoms with Crippen molar-refractivity contribution in [1.29, 1.82) is 0 Å². The molecule has 0 saturated carbocycles. The van der Waals surface area contributed by atoms with Crippen LogP contribution in [0.4, 0.5) is 0 Å². The first-order valence-corrected chi connectivity index (χ1v) is 9.66. The molecule has 0 saturated heterocycles. The number of benzene rings is 1. The van der Waals surface area contributed by atoms with Gasteiger partial charge in [0.15, 0.2) is 0 Å². The van der Waals surface area contributed by atoms with Gasteiger partial charge in [0, 0.05) is 17.3 Å². The molecule has 7 heteroatoms. The molecule has 0 amide bonds. The Labute approximate surface area is 161 Å².